The molecule has 8 rings (SSSR count). The Labute approximate surface area is 440 Å². The maximum absolute atomic E-state index is 13.9. The summed E-state index contributed by atoms with van der Waals surface area (Å²) in [6, 6.07) is 13.1. The van der Waals surface area contributed by atoms with Gasteiger partial charge in [-0.25, -0.2) is 5.10 Å². The van der Waals surface area contributed by atoms with Crippen molar-refractivity contribution in [3.05, 3.63) is 71.7 Å². The number of piperidine rings is 1. The zero-order valence-electron chi connectivity index (χ0n) is 43.8. The van der Waals surface area contributed by atoms with Crippen LogP contribution in [0.15, 0.2) is 54.6 Å². The first-order valence-electron chi connectivity index (χ1n) is 26.6. The molecule has 22 heteroatoms. The van der Waals surface area contributed by atoms with Gasteiger partial charge >= 0.3 is 12.1 Å². The minimum absolute atomic E-state index is 0.0234. The first-order valence-corrected chi connectivity index (χ1v) is 26.6. The van der Waals surface area contributed by atoms with E-state index < -0.39 is 35.7 Å². The summed E-state index contributed by atoms with van der Waals surface area (Å²) in [5, 5.41) is 35.5. The number of carbonyl (C=O) groups is 5. The molecule has 3 aliphatic rings. The van der Waals surface area contributed by atoms with Crippen molar-refractivity contribution in [1.29, 1.82) is 0 Å². The van der Waals surface area contributed by atoms with Gasteiger partial charge in [-0.05, 0) is 92.0 Å². The van der Waals surface area contributed by atoms with Gasteiger partial charge in [0.2, 0.25) is 18.2 Å². The zero-order valence-corrected chi connectivity index (χ0v) is 43.8. The summed E-state index contributed by atoms with van der Waals surface area (Å²) in [6.07, 6.45) is 10.3. The molecule has 0 radical (unpaired) electrons. The first kappa shape index (κ1) is 56.6. The number of amides is 4. The second kappa shape index (κ2) is 26.6. The number of aromatic nitrogens is 8. The number of nitrogens with zero attached hydrogens (tertiary/aromatic N) is 9. The quantitative estimate of drug-likeness (QED) is 0.0409. The van der Waals surface area contributed by atoms with Crippen LogP contribution in [0.2, 0.25) is 0 Å². The number of tetrazole rings is 1. The van der Waals surface area contributed by atoms with Crippen molar-refractivity contribution >= 4 is 35.9 Å². The van der Waals surface area contributed by atoms with E-state index in [9.17, 15) is 42.3 Å². The van der Waals surface area contributed by atoms with Crippen molar-refractivity contribution in [3.63, 3.8) is 0 Å². The lowest BCUT2D eigenvalue weighted by Crippen LogP contribution is -2.44. The van der Waals surface area contributed by atoms with Crippen LogP contribution in [-0.4, -0.2) is 113 Å². The number of benzene rings is 2. The second-order valence-electron chi connectivity index (χ2n) is 19.8. The van der Waals surface area contributed by atoms with Crippen molar-refractivity contribution in [2.45, 2.75) is 166 Å². The van der Waals surface area contributed by atoms with Crippen LogP contribution in [0.5, 0.6) is 11.5 Å². The third-order valence-electron chi connectivity index (χ3n) is 14.9. The number of H-pyrrole nitrogens is 1. The standard InChI is InChI=1S/C28H41N3O5.C26H29F3N8O3/c1-5-21(6-2)31-23(28-24(35-3)13-10-14-25(28)36-4)18-26(29-31)30(19-32)22(17-27(33)34)16-15-20-11-8-7-9-12-20;27-26(28,29)19-9-4-3-8-18(19)21-15-20(33-37(21)17-6-1-2-7-17)25(40)30-16(14-22-31-34-35-32-22)12-13-36-23(38)10-5-11-24(36)39/h10,13-14,18-22H,5-9,11-12,15-17H2,1-4H3,(H,33,34);3-4,8-9,15-17H,1-2,5-7,10-14H2,(H,30,40)(H,31,32,34,35)/t22-;16-/m00/s1. The van der Waals surface area contributed by atoms with Gasteiger partial charge in [0, 0.05) is 49.5 Å². The number of carboxylic acid groups (broad SMARTS) is 1. The summed E-state index contributed by atoms with van der Waals surface area (Å²) in [6.45, 7) is 4.31. The predicted molar refractivity (Wildman–Crippen MR) is 275 cm³/mol. The lowest BCUT2D eigenvalue weighted by atomic mass is 9.85. The molecule has 3 fully saturated rings. The molecular weight excluding hydrogens is 988 g/mol. The summed E-state index contributed by atoms with van der Waals surface area (Å²) >= 11 is 0. The van der Waals surface area contributed by atoms with Crippen LogP contribution in [0.1, 0.15) is 163 Å². The molecular formula is C54H70F3N11O8. The third-order valence-corrected chi connectivity index (χ3v) is 14.9. The molecule has 5 aromatic rings. The van der Waals surface area contributed by atoms with Gasteiger partial charge in [0.25, 0.3) is 5.91 Å². The highest BCUT2D eigenvalue weighted by molar-refractivity contribution is 5.97. The van der Waals surface area contributed by atoms with Crippen LogP contribution < -0.4 is 19.7 Å². The minimum Gasteiger partial charge on any atom is -0.496 e. The monoisotopic (exact) mass is 1060 g/mol. The number of rotatable bonds is 23. The summed E-state index contributed by atoms with van der Waals surface area (Å²) < 4.78 is 56.4. The second-order valence-corrected chi connectivity index (χ2v) is 19.8. The Hall–Kier alpha value is -7.13. The molecule has 3 N–H and O–H groups in total. The van der Waals surface area contributed by atoms with E-state index in [1.54, 1.807) is 18.9 Å². The number of ether oxygens (including phenoxy) is 2. The van der Waals surface area contributed by atoms with Crippen LogP contribution >= 0.6 is 0 Å². The molecule has 2 aliphatic carbocycles. The van der Waals surface area contributed by atoms with Crippen LogP contribution in [0.25, 0.3) is 22.5 Å². The Morgan fingerprint density at radius 3 is 2.16 bits per heavy atom. The number of imide groups is 1. The molecule has 4 amide bonds. The number of carboxylic acids is 1. The fourth-order valence-corrected chi connectivity index (χ4v) is 10.9. The molecule has 2 atom stereocenters. The smallest absolute Gasteiger partial charge is 0.417 e. The van der Waals surface area contributed by atoms with Crippen molar-refractivity contribution in [2.75, 3.05) is 25.7 Å². The topological polar surface area (TPSA) is 233 Å². The van der Waals surface area contributed by atoms with Crippen LogP contribution in [0, 0.1) is 5.92 Å². The summed E-state index contributed by atoms with van der Waals surface area (Å²) in [5.74, 6) is 0.705. The summed E-state index contributed by atoms with van der Waals surface area (Å²) in [5.41, 5.74) is 0.903. The Kier molecular flexibility index (Phi) is 19.8. The largest absolute Gasteiger partial charge is 0.496 e. The molecule has 2 saturated carbocycles. The number of anilines is 1. The van der Waals surface area contributed by atoms with Gasteiger partial charge in [-0.15, -0.1) is 5.10 Å². The van der Waals surface area contributed by atoms with Crippen molar-refractivity contribution in [3.8, 4) is 34.0 Å². The lowest BCUT2D eigenvalue weighted by Gasteiger charge is -2.28. The molecule has 0 spiro atoms. The molecule has 1 aliphatic heterocycles. The lowest BCUT2D eigenvalue weighted by molar-refractivity contribution is -0.148. The molecule has 3 aromatic heterocycles. The third kappa shape index (κ3) is 14.0. The highest BCUT2D eigenvalue weighted by atomic mass is 19.4. The predicted octanol–water partition coefficient (Wildman–Crippen LogP) is 9.56. The Morgan fingerprint density at radius 2 is 1.55 bits per heavy atom. The molecule has 76 heavy (non-hydrogen) atoms. The van der Waals surface area contributed by atoms with Crippen molar-refractivity contribution in [1.82, 2.24) is 50.4 Å². The zero-order chi connectivity index (χ0) is 54.4. The molecule has 4 heterocycles. The van der Waals surface area contributed by atoms with Crippen molar-refractivity contribution in [2.24, 2.45) is 5.92 Å². The number of aromatic amines is 1. The van der Waals surface area contributed by atoms with Gasteiger partial charge in [-0.3, -0.25) is 43.1 Å². The number of methoxy groups -OCH3 is 2. The maximum atomic E-state index is 13.9. The van der Waals surface area contributed by atoms with E-state index in [0.29, 0.717) is 41.9 Å². The van der Waals surface area contributed by atoms with E-state index in [-0.39, 0.29) is 79.5 Å². The van der Waals surface area contributed by atoms with Gasteiger partial charge in [0.15, 0.2) is 11.5 Å². The van der Waals surface area contributed by atoms with Gasteiger partial charge in [0.05, 0.1) is 55.2 Å². The molecule has 19 nitrogen and oxygen atoms in total. The van der Waals surface area contributed by atoms with E-state index >= 15 is 0 Å². The maximum Gasteiger partial charge on any atom is 0.417 e. The Bertz CT molecular complexity index is 2690. The summed E-state index contributed by atoms with van der Waals surface area (Å²) in [7, 11) is 3.23. The number of halogens is 3. The van der Waals surface area contributed by atoms with Crippen LogP contribution in [0.4, 0.5) is 19.0 Å². The minimum atomic E-state index is -4.58. The molecule has 0 unspecified atom stereocenters. The van der Waals surface area contributed by atoms with E-state index in [1.807, 2.05) is 28.9 Å². The average Bonchev–Trinajstić information content (AvgIpc) is 4.28. The van der Waals surface area contributed by atoms with Crippen LogP contribution in [0.3, 0.4) is 0 Å². The highest BCUT2D eigenvalue weighted by Gasteiger charge is 2.36. The number of aliphatic carboxylic acids is 1. The number of carbonyl (C=O) groups excluding carboxylic acids is 4. The normalized spacial score (nSPS) is 16.3. The molecule has 1 saturated heterocycles. The number of likely N-dealkylation sites (tertiary alicyclic amines) is 1. The Morgan fingerprint density at radius 1 is 0.882 bits per heavy atom. The van der Waals surface area contributed by atoms with E-state index in [2.05, 4.69) is 44.9 Å². The van der Waals surface area contributed by atoms with Crippen molar-refractivity contribution < 1.29 is 51.7 Å². The fraction of sp³-hybridized carbons (Fsp3) is 0.556. The number of hydrogen-bond acceptors (Lipinski definition) is 12. The number of hydrogen-bond donors (Lipinski definition) is 3. The van der Waals surface area contributed by atoms with Gasteiger partial charge in [-0.2, -0.15) is 23.4 Å². The van der Waals surface area contributed by atoms with E-state index in [4.69, 9.17) is 14.6 Å². The van der Waals surface area contributed by atoms with Crippen LogP contribution in [-0.2, 0) is 31.8 Å². The highest BCUT2D eigenvalue weighted by Crippen LogP contribution is 2.43. The first-order chi connectivity index (χ1) is 36.7. The van der Waals surface area contributed by atoms with Gasteiger partial charge < -0.3 is 19.9 Å². The SMILES string of the molecule is CCC(CC)n1nc(N(C=O)[C@@H](CCC2CCCCC2)CC(=O)O)cc1-c1c(OC)cccc1OC.O=C(N[C@@H](CCN1C(=O)CCCC1=O)Cc1nnn[nH]1)c1cc(-c2ccccc2C(F)(F)F)n(C2CCCC2)n1. The van der Waals surface area contributed by atoms with E-state index in [1.165, 1.54) is 66.2 Å². The molecule has 0 bridgehead atoms. The van der Waals surface area contributed by atoms with Gasteiger partial charge in [0.1, 0.15) is 17.3 Å². The molecule has 410 valence electrons. The fourth-order valence-electron chi connectivity index (χ4n) is 10.9. The number of alkyl halides is 3. The average molecular weight is 1060 g/mol. The van der Waals surface area contributed by atoms with Gasteiger partial charge in [-0.1, -0.05) is 83.1 Å². The Balaban J connectivity index is 0.000000223. The number of nitrogens with one attached hydrogen (secondary N) is 2. The summed E-state index contributed by atoms with van der Waals surface area (Å²) in [4.78, 5) is 64.9. The van der Waals surface area contributed by atoms with E-state index in [0.717, 1.165) is 68.7 Å². The molecule has 2 aromatic carbocycles.